The van der Waals surface area contributed by atoms with Crippen LogP contribution in [0.4, 0.5) is 17.1 Å². The number of hydrogen-bond acceptors (Lipinski definition) is 4. The summed E-state index contributed by atoms with van der Waals surface area (Å²) in [5.41, 5.74) is 3.16. The van der Waals surface area contributed by atoms with Crippen molar-refractivity contribution >= 4 is 23.0 Å². The van der Waals surface area contributed by atoms with Crippen molar-refractivity contribution in [3.8, 4) is 0 Å². The van der Waals surface area contributed by atoms with E-state index in [4.69, 9.17) is 0 Å². The Labute approximate surface area is 140 Å². The summed E-state index contributed by atoms with van der Waals surface area (Å²) < 4.78 is 0. The van der Waals surface area contributed by atoms with Crippen molar-refractivity contribution < 1.29 is 9.72 Å². The Bertz CT molecular complexity index is 783. The molecule has 6 heteroatoms. The van der Waals surface area contributed by atoms with E-state index in [1.807, 2.05) is 25.1 Å². The van der Waals surface area contributed by atoms with Crippen molar-refractivity contribution in [2.75, 3.05) is 23.3 Å². The molecule has 1 aliphatic heterocycles. The molecular formula is C18H19N3O3. The Hall–Kier alpha value is -2.89. The monoisotopic (exact) mass is 325 g/mol. The van der Waals surface area contributed by atoms with Crippen molar-refractivity contribution in [3.05, 3.63) is 63.7 Å². The molecule has 24 heavy (non-hydrogen) atoms. The molecule has 124 valence electrons. The van der Waals surface area contributed by atoms with Crippen LogP contribution in [0.15, 0.2) is 42.5 Å². The highest BCUT2D eigenvalue weighted by Crippen LogP contribution is 2.27. The zero-order valence-electron chi connectivity index (χ0n) is 13.5. The number of nitrogens with zero attached hydrogens (tertiary/aromatic N) is 2. The molecule has 2 aromatic carbocycles. The van der Waals surface area contributed by atoms with Crippen LogP contribution in [0, 0.1) is 17.0 Å². The van der Waals surface area contributed by atoms with Crippen molar-refractivity contribution in [1.29, 1.82) is 0 Å². The largest absolute Gasteiger partial charge is 0.371 e. The van der Waals surface area contributed by atoms with Crippen molar-refractivity contribution in [3.63, 3.8) is 0 Å². The summed E-state index contributed by atoms with van der Waals surface area (Å²) in [6.45, 7) is 4.16. The summed E-state index contributed by atoms with van der Waals surface area (Å²) in [5, 5.41) is 13.6. The van der Waals surface area contributed by atoms with Gasteiger partial charge in [-0.25, -0.2) is 0 Å². The summed E-state index contributed by atoms with van der Waals surface area (Å²) in [5.74, 6) is -0.355. The third-order valence-electron chi connectivity index (χ3n) is 4.22. The Morgan fingerprint density at radius 1 is 1.17 bits per heavy atom. The van der Waals surface area contributed by atoms with Crippen LogP contribution in [-0.2, 0) is 0 Å². The molecule has 0 aromatic heterocycles. The third-order valence-corrected chi connectivity index (χ3v) is 4.22. The molecule has 0 aliphatic carbocycles. The van der Waals surface area contributed by atoms with Gasteiger partial charge in [0.15, 0.2) is 0 Å². The number of non-ortho nitro benzene ring substituents is 1. The predicted molar refractivity (Wildman–Crippen MR) is 93.7 cm³/mol. The lowest BCUT2D eigenvalue weighted by Crippen LogP contribution is -2.19. The smallest absolute Gasteiger partial charge is 0.270 e. The Morgan fingerprint density at radius 2 is 1.92 bits per heavy atom. The van der Waals surface area contributed by atoms with Gasteiger partial charge in [-0.3, -0.25) is 14.9 Å². The first-order valence-corrected chi connectivity index (χ1v) is 7.96. The average Bonchev–Trinajstić information content (AvgIpc) is 3.09. The van der Waals surface area contributed by atoms with Gasteiger partial charge in [0, 0.05) is 42.2 Å². The highest BCUT2D eigenvalue weighted by molar-refractivity contribution is 6.04. The summed E-state index contributed by atoms with van der Waals surface area (Å²) in [4.78, 5) is 24.9. The van der Waals surface area contributed by atoms with E-state index in [1.165, 1.54) is 36.7 Å². The highest BCUT2D eigenvalue weighted by atomic mass is 16.6. The molecule has 1 N–H and O–H groups in total. The predicted octanol–water partition coefficient (Wildman–Crippen LogP) is 3.76. The van der Waals surface area contributed by atoms with Crippen LogP contribution >= 0.6 is 0 Å². The van der Waals surface area contributed by atoms with E-state index >= 15 is 0 Å². The van der Waals surface area contributed by atoms with E-state index < -0.39 is 4.92 Å². The zero-order valence-corrected chi connectivity index (χ0v) is 13.5. The second-order valence-electron chi connectivity index (χ2n) is 5.96. The topological polar surface area (TPSA) is 75.5 Å². The van der Waals surface area contributed by atoms with E-state index in [1.54, 1.807) is 6.07 Å². The lowest BCUT2D eigenvalue weighted by Gasteiger charge is -2.20. The lowest BCUT2D eigenvalue weighted by molar-refractivity contribution is -0.384. The number of rotatable bonds is 4. The first-order valence-electron chi connectivity index (χ1n) is 7.96. The molecule has 6 nitrogen and oxygen atoms in total. The quantitative estimate of drug-likeness (QED) is 0.686. The molecule has 1 saturated heterocycles. The van der Waals surface area contributed by atoms with Crippen LogP contribution in [0.5, 0.6) is 0 Å². The standard InChI is InChI=1S/C18H19N3O3/c1-13-11-15(7-8-17(13)20-9-2-3-10-20)19-18(22)14-5-4-6-16(12-14)21(23)24/h4-8,11-12H,2-3,9-10H2,1H3,(H,19,22). The van der Waals surface area contributed by atoms with Crippen LogP contribution < -0.4 is 10.2 Å². The van der Waals surface area contributed by atoms with Gasteiger partial charge in [-0.2, -0.15) is 0 Å². The van der Waals surface area contributed by atoms with Crippen LogP contribution in [0.1, 0.15) is 28.8 Å². The minimum absolute atomic E-state index is 0.0942. The number of aryl methyl sites for hydroxylation is 1. The van der Waals surface area contributed by atoms with Crippen molar-refractivity contribution in [2.24, 2.45) is 0 Å². The normalized spacial score (nSPS) is 13.8. The maximum Gasteiger partial charge on any atom is 0.270 e. The second kappa shape index (κ2) is 6.70. The molecule has 2 aromatic rings. The summed E-state index contributed by atoms with van der Waals surface area (Å²) in [6, 6.07) is 11.5. The van der Waals surface area contributed by atoms with E-state index in [-0.39, 0.29) is 17.2 Å². The van der Waals surface area contributed by atoms with E-state index in [0.717, 1.165) is 18.7 Å². The number of anilines is 2. The van der Waals surface area contributed by atoms with Crippen LogP contribution in [0.2, 0.25) is 0 Å². The molecule has 0 saturated carbocycles. The molecule has 0 atom stereocenters. The van der Waals surface area contributed by atoms with E-state index in [2.05, 4.69) is 10.2 Å². The fourth-order valence-electron chi connectivity index (χ4n) is 3.01. The molecule has 0 unspecified atom stereocenters. The van der Waals surface area contributed by atoms with Gasteiger partial charge in [0.25, 0.3) is 11.6 Å². The summed E-state index contributed by atoms with van der Waals surface area (Å²) in [6.07, 6.45) is 2.43. The number of nitro benzene ring substituents is 1. The number of hydrogen-bond donors (Lipinski definition) is 1. The maximum atomic E-state index is 12.3. The molecule has 0 radical (unpaired) electrons. The molecule has 1 heterocycles. The maximum absolute atomic E-state index is 12.3. The first-order chi connectivity index (χ1) is 11.5. The van der Waals surface area contributed by atoms with Gasteiger partial charge in [-0.05, 0) is 49.6 Å². The van der Waals surface area contributed by atoms with Crippen molar-refractivity contribution in [2.45, 2.75) is 19.8 Å². The van der Waals surface area contributed by atoms with Gasteiger partial charge in [-0.1, -0.05) is 6.07 Å². The van der Waals surface area contributed by atoms with Crippen LogP contribution in [-0.4, -0.2) is 23.9 Å². The van der Waals surface area contributed by atoms with Gasteiger partial charge in [0.2, 0.25) is 0 Å². The molecule has 1 aliphatic rings. The van der Waals surface area contributed by atoms with E-state index in [9.17, 15) is 14.9 Å². The number of amides is 1. The van der Waals surface area contributed by atoms with Crippen LogP contribution in [0.25, 0.3) is 0 Å². The highest BCUT2D eigenvalue weighted by Gasteiger charge is 2.15. The molecule has 1 fully saturated rings. The van der Waals surface area contributed by atoms with Crippen LogP contribution in [0.3, 0.4) is 0 Å². The average molecular weight is 325 g/mol. The SMILES string of the molecule is Cc1cc(NC(=O)c2cccc([N+](=O)[O-])c2)ccc1N1CCCC1. The van der Waals surface area contributed by atoms with Gasteiger partial charge in [0.1, 0.15) is 0 Å². The Kier molecular flexibility index (Phi) is 4.46. The molecule has 3 rings (SSSR count). The van der Waals surface area contributed by atoms with Crippen molar-refractivity contribution in [1.82, 2.24) is 0 Å². The molecule has 0 bridgehead atoms. The number of carbonyl (C=O) groups is 1. The minimum atomic E-state index is -0.508. The van der Waals surface area contributed by atoms with Gasteiger partial charge in [-0.15, -0.1) is 0 Å². The zero-order chi connectivity index (χ0) is 17.1. The van der Waals surface area contributed by atoms with Gasteiger partial charge < -0.3 is 10.2 Å². The number of benzene rings is 2. The fraction of sp³-hybridized carbons (Fsp3) is 0.278. The Balaban J connectivity index is 1.76. The Morgan fingerprint density at radius 3 is 2.58 bits per heavy atom. The number of nitrogens with one attached hydrogen (secondary N) is 1. The first kappa shape index (κ1) is 16.0. The molecular weight excluding hydrogens is 306 g/mol. The molecule has 0 spiro atoms. The minimum Gasteiger partial charge on any atom is -0.371 e. The number of carbonyl (C=O) groups excluding carboxylic acids is 1. The summed E-state index contributed by atoms with van der Waals surface area (Å²) in [7, 11) is 0. The third kappa shape index (κ3) is 3.37. The summed E-state index contributed by atoms with van der Waals surface area (Å²) >= 11 is 0. The molecule has 1 amide bonds. The fourth-order valence-corrected chi connectivity index (χ4v) is 3.01. The van der Waals surface area contributed by atoms with Gasteiger partial charge in [0.05, 0.1) is 4.92 Å². The lowest BCUT2D eigenvalue weighted by atomic mass is 10.1. The van der Waals surface area contributed by atoms with E-state index in [0.29, 0.717) is 5.69 Å². The second-order valence-corrected chi connectivity index (χ2v) is 5.96. The number of nitro groups is 1. The van der Waals surface area contributed by atoms with Gasteiger partial charge >= 0.3 is 0 Å².